The van der Waals surface area contributed by atoms with Gasteiger partial charge in [-0.3, -0.25) is 0 Å². The summed E-state index contributed by atoms with van der Waals surface area (Å²) in [6.45, 7) is 6.93. The molecular weight excluding hydrogens is 264 g/mol. The van der Waals surface area contributed by atoms with Gasteiger partial charge in [0.05, 0.1) is 6.10 Å². The van der Waals surface area contributed by atoms with Gasteiger partial charge < -0.3 is 5.11 Å². The Morgan fingerprint density at radius 1 is 1.20 bits per heavy atom. The van der Waals surface area contributed by atoms with Gasteiger partial charge in [-0.1, -0.05) is 45.4 Å². The number of hydrogen-bond donors (Lipinski definition) is 1. The molecule has 1 aliphatic carbocycles. The maximum Gasteiger partial charge on any atom is 0.0576 e. The molecule has 1 fully saturated rings. The molecule has 112 valence electrons. The second-order valence-electron chi connectivity index (χ2n) is 6.99. The Morgan fingerprint density at radius 3 is 2.55 bits per heavy atom. The average Bonchev–Trinajstić information content (AvgIpc) is 2.39. The third-order valence-corrected chi connectivity index (χ3v) is 5.85. The third kappa shape index (κ3) is 4.26. The van der Waals surface area contributed by atoms with Crippen LogP contribution in [0, 0.1) is 17.3 Å². The predicted molar refractivity (Wildman–Crippen MR) is 88.1 cm³/mol. The van der Waals surface area contributed by atoms with E-state index < -0.39 is 0 Å². The molecule has 0 aliphatic heterocycles. The van der Waals surface area contributed by atoms with Gasteiger partial charge in [0.1, 0.15) is 0 Å². The van der Waals surface area contributed by atoms with Crippen LogP contribution >= 0.6 is 11.8 Å². The van der Waals surface area contributed by atoms with E-state index in [0.29, 0.717) is 11.8 Å². The molecular formula is C18H28OS. The van der Waals surface area contributed by atoms with Crippen LogP contribution < -0.4 is 0 Å². The first kappa shape index (κ1) is 15.9. The van der Waals surface area contributed by atoms with Crippen LogP contribution in [0.4, 0.5) is 0 Å². The van der Waals surface area contributed by atoms with Crippen LogP contribution in [0.1, 0.15) is 46.5 Å². The minimum atomic E-state index is -0.101. The quantitative estimate of drug-likeness (QED) is 0.771. The highest BCUT2D eigenvalue weighted by molar-refractivity contribution is 7.99. The largest absolute Gasteiger partial charge is 0.393 e. The Morgan fingerprint density at radius 2 is 1.90 bits per heavy atom. The number of aliphatic hydroxyl groups excluding tert-OH is 1. The number of thioether (sulfide) groups is 1. The summed E-state index contributed by atoms with van der Waals surface area (Å²) in [7, 11) is 0. The van der Waals surface area contributed by atoms with E-state index in [1.54, 1.807) is 0 Å². The summed E-state index contributed by atoms with van der Waals surface area (Å²) in [5.74, 6) is 2.29. The van der Waals surface area contributed by atoms with Crippen molar-refractivity contribution in [3.63, 3.8) is 0 Å². The minimum absolute atomic E-state index is 0.101. The second-order valence-corrected chi connectivity index (χ2v) is 8.16. The van der Waals surface area contributed by atoms with E-state index in [9.17, 15) is 5.11 Å². The Bertz CT molecular complexity index is 401. The van der Waals surface area contributed by atoms with Gasteiger partial charge in [0, 0.05) is 4.90 Å². The van der Waals surface area contributed by atoms with Crippen molar-refractivity contribution in [3.8, 4) is 0 Å². The zero-order valence-corrected chi connectivity index (χ0v) is 13.8. The first-order valence-electron chi connectivity index (χ1n) is 7.85. The highest BCUT2D eigenvalue weighted by atomic mass is 32.2. The molecule has 0 heterocycles. The van der Waals surface area contributed by atoms with Gasteiger partial charge in [0.2, 0.25) is 0 Å². The Hall–Kier alpha value is -0.470. The maximum absolute atomic E-state index is 10.4. The zero-order valence-electron chi connectivity index (χ0n) is 13.0. The lowest BCUT2D eigenvalue weighted by atomic mass is 9.66. The van der Waals surface area contributed by atoms with Crippen molar-refractivity contribution in [1.82, 2.24) is 0 Å². The zero-order chi connectivity index (χ0) is 14.6. The summed E-state index contributed by atoms with van der Waals surface area (Å²) < 4.78 is 0. The van der Waals surface area contributed by atoms with Gasteiger partial charge in [-0.2, -0.15) is 0 Å². The number of hydrogen-bond acceptors (Lipinski definition) is 2. The fourth-order valence-corrected chi connectivity index (χ4v) is 4.61. The van der Waals surface area contributed by atoms with Crippen LogP contribution in [0.5, 0.6) is 0 Å². The molecule has 0 amide bonds. The summed E-state index contributed by atoms with van der Waals surface area (Å²) in [4.78, 5) is 1.35. The molecule has 0 saturated heterocycles. The molecule has 2 rings (SSSR count). The van der Waals surface area contributed by atoms with Gasteiger partial charge >= 0.3 is 0 Å². The monoisotopic (exact) mass is 292 g/mol. The highest BCUT2D eigenvalue weighted by Crippen LogP contribution is 2.43. The van der Waals surface area contributed by atoms with Crippen LogP contribution in [0.3, 0.4) is 0 Å². The highest BCUT2D eigenvalue weighted by Gasteiger charge is 2.37. The molecule has 1 saturated carbocycles. The summed E-state index contributed by atoms with van der Waals surface area (Å²) in [6.07, 6.45) is 4.51. The topological polar surface area (TPSA) is 20.2 Å². The average molecular weight is 292 g/mol. The molecule has 1 aromatic carbocycles. The van der Waals surface area contributed by atoms with Gasteiger partial charge in [-0.15, -0.1) is 11.8 Å². The normalized spacial score (nSPS) is 27.5. The lowest BCUT2D eigenvalue weighted by Crippen LogP contribution is -2.38. The van der Waals surface area contributed by atoms with E-state index in [1.807, 2.05) is 11.8 Å². The van der Waals surface area contributed by atoms with Crippen LogP contribution in [-0.2, 0) is 0 Å². The van der Waals surface area contributed by atoms with E-state index in [-0.39, 0.29) is 11.5 Å². The number of aliphatic hydroxyl groups is 1. The molecule has 0 radical (unpaired) electrons. The van der Waals surface area contributed by atoms with Crippen molar-refractivity contribution < 1.29 is 5.11 Å². The molecule has 1 nitrogen and oxygen atoms in total. The van der Waals surface area contributed by atoms with E-state index in [1.165, 1.54) is 24.2 Å². The van der Waals surface area contributed by atoms with Gasteiger partial charge in [-0.05, 0) is 54.4 Å². The van der Waals surface area contributed by atoms with Gasteiger partial charge in [-0.25, -0.2) is 0 Å². The van der Waals surface area contributed by atoms with Crippen LogP contribution in [0.15, 0.2) is 35.2 Å². The van der Waals surface area contributed by atoms with Crippen LogP contribution in [-0.4, -0.2) is 17.0 Å². The van der Waals surface area contributed by atoms with Gasteiger partial charge in [0.15, 0.2) is 0 Å². The summed E-state index contributed by atoms with van der Waals surface area (Å²) >= 11 is 1.93. The molecule has 1 N–H and O–H groups in total. The first-order chi connectivity index (χ1) is 9.49. The first-order valence-corrected chi connectivity index (χ1v) is 8.83. The van der Waals surface area contributed by atoms with Crippen LogP contribution in [0.2, 0.25) is 0 Å². The summed E-state index contributed by atoms with van der Waals surface area (Å²) in [6, 6.07) is 10.6. The van der Waals surface area contributed by atoms with Crippen molar-refractivity contribution in [1.29, 1.82) is 0 Å². The molecule has 20 heavy (non-hydrogen) atoms. The molecule has 1 aromatic rings. The number of rotatable bonds is 5. The summed E-state index contributed by atoms with van der Waals surface area (Å²) in [5.41, 5.74) is 0.237. The van der Waals surface area contributed by atoms with E-state index >= 15 is 0 Å². The standard InChI is InChI=1S/C18H28OS/c1-14-9-10-16(17(19)13-14)18(2,3)11-12-20-15-7-5-4-6-8-15/h4-8,14,16-17,19H,9-13H2,1-3H3. The van der Waals surface area contributed by atoms with E-state index in [4.69, 9.17) is 0 Å². The summed E-state index contributed by atoms with van der Waals surface area (Å²) in [5, 5.41) is 10.4. The molecule has 2 heteroatoms. The van der Waals surface area contributed by atoms with E-state index in [0.717, 1.165) is 12.2 Å². The third-order valence-electron chi connectivity index (χ3n) is 4.84. The van der Waals surface area contributed by atoms with Gasteiger partial charge in [0.25, 0.3) is 0 Å². The SMILES string of the molecule is CC1CCC(C(C)(C)CCSc2ccccc2)C(O)C1. The lowest BCUT2D eigenvalue weighted by molar-refractivity contribution is -0.0136. The molecule has 3 unspecified atom stereocenters. The predicted octanol–water partition coefficient (Wildman–Crippen LogP) is 4.99. The maximum atomic E-state index is 10.4. The fraction of sp³-hybridized carbons (Fsp3) is 0.667. The second kappa shape index (κ2) is 7.00. The Kier molecular flexibility index (Phi) is 5.57. The van der Waals surface area contributed by atoms with Crippen molar-refractivity contribution >= 4 is 11.8 Å². The fourth-order valence-electron chi connectivity index (χ4n) is 3.40. The van der Waals surface area contributed by atoms with Crippen molar-refractivity contribution in [3.05, 3.63) is 30.3 Å². The molecule has 0 aromatic heterocycles. The molecule has 0 spiro atoms. The van der Waals surface area contributed by atoms with Crippen LogP contribution in [0.25, 0.3) is 0 Å². The molecule has 3 atom stereocenters. The smallest absolute Gasteiger partial charge is 0.0576 e. The Balaban J connectivity index is 1.84. The van der Waals surface area contributed by atoms with Crippen molar-refractivity contribution in [2.45, 2.75) is 57.5 Å². The molecule has 0 bridgehead atoms. The minimum Gasteiger partial charge on any atom is -0.393 e. The van der Waals surface area contributed by atoms with E-state index in [2.05, 4.69) is 51.1 Å². The molecule has 1 aliphatic rings. The number of benzene rings is 1. The Labute approximate surface area is 128 Å². The lowest BCUT2D eigenvalue weighted by Gasteiger charge is -2.42. The van der Waals surface area contributed by atoms with Crippen molar-refractivity contribution in [2.75, 3.05) is 5.75 Å². The van der Waals surface area contributed by atoms with Crippen molar-refractivity contribution in [2.24, 2.45) is 17.3 Å².